The third kappa shape index (κ3) is 6.35. The maximum Gasteiger partial charge on any atom is 0.255 e. The molecular weight excluding hydrogens is 462 g/mol. The van der Waals surface area contributed by atoms with Gasteiger partial charge in [-0.1, -0.05) is 18.2 Å². The molecule has 0 aliphatic carbocycles. The second-order valence-corrected chi connectivity index (χ2v) is 9.30. The van der Waals surface area contributed by atoms with Crippen molar-refractivity contribution in [3.05, 3.63) is 95.9 Å². The molecule has 5 rings (SSSR count). The Morgan fingerprint density at radius 3 is 2.65 bits per heavy atom. The second kappa shape index (κ2) is 11.3. The number of anilines is 3. The summed E-state index contributed by atoms with van der Waals surface area (Å²) in [7, 11) is 2.15. The molecule has 1 aliphatic heterocycles. The highest BCUT2D eigenvalue weighted by Crippen LogP contribution is 2.24. The molecule has 0 saturated carbocycles. The molecule has 8 nitrogen and oxygen atoms in total. The topological polar surface area (TPSA) is 86.3 Å². The van der Waals surface area contributed by atoms with Crippen LogP contribution in [0, 0.1) is 6.92 Å². The molecule has 1 fully saturated rings. The lowest BCUT2D eigenvalue weighted by Gasteiger charge is -2.32. The fourth-order valence-corrected chi connectivity index (χ4v) is 4.22. The van der Waals surface area contributed by atoms with Gasteiger partial charge in [0.05, 0.1) is 7.06 Å². The van der Waals surface area contributed by atoms with Crippen LogP contribution in [-0.2, 0) is 6.54 Å². The Balaban J connectivity index is 1.25. The summed E-state index contributed by atoms with van der Waals surface area (Å²) in [5.41, 5.74) is 5.48. The van der Waals surface area contributed by atoms with Crippen molar-refractivity contribution < 1.29 is 6.17 Å². The van der Waals surface area contributed by atoms with Gasteiger partial charge >= 0.3 is 0 Å². The molecule has 8 heteroatoms. The molecule has 0 spiro atoms. The third-order valence-electron chi connectivity index (χ3n) is 6.49. The van der Waals surface area contributed by atoms with E-state index < -0.39 is 0 Å². The quantitative estimate of drug-likeness (QED) is 0.389. The predicted molar refractivity (Wildman–Crippen MR) is 147 cm³/mol. The smallest absolute Gasteiger partial charge is 0.255 e. The minimum atomic E-state index is -0.163. The number of carbonyl (C=O) groups excluding carboxylic acids is 1. The van der Waals surface area contributed by atoms with Crippen LogP contribution < -0.4 is 10.6 Å². The Morgan fingerprint density at radius 2 is 1.86 bits per heavy atom. The number of carbonyl (C=O) groups is 1. The monoisotopic (exact) mass is 494 g/mol. The summed E-state index contributed by atoms with van der Waals surface area (Å²) in [6, 6.07) is 17.2. The van der Waals surface area contributed by atoms with Gasteiger partial charge in [0.1, 0.15) is 0 Å². The van der Waals surface area contributed by atoms with E-state index in [0.29, 0.717) is 34.5 Å². The molecule has 0 atom stereocenters. The second-order valence-electron chi connectivity index (χ2n) is 9.30. The van der Waals surface area contributed by atoms with Gasteiger partial charge in [0.2, 0.25) is 5.95 Å². The van der Waals surface area contributed by atoms with E-state index in [-0.39, 0.29) is 5.91 Å². The standard InChI is InChI=1S/C29H31N7O/c1-21-5-10-25(18-27(21)34-29-31-13-11-26(33-29)24-4-3-12-30-19-24)32-28(37)23-8-6-22(7-9-23)20-36-16-14-35(2)15-17-36/h3-13,18-19H,14-17,20H2,1-2H3,(H,32,37)(H,31,33,34)/i4D. The van der Waals surface area contributed by atoms with Gasteiger partial charge < -0.3 is 15.5 Å². The molecule has 4 aromatic rings. The van der Waals surface area contributed by atoms with Crippen LogP contribution in [-0.4, -0.2) is 63.9 Å². The average molecular weight is 495 g/mol. The largest absolute Gasteiger partial charge is 0.324 e. The van der Waals surface area contributed by atoms with Crippen LogP contribution in [0.5, 0.6) is 0 Å². The SMILES string of the molecule is [2H]c1ccncc1-c1ccnc(Nc2cc(NC(=O)c3ccc(CN4CCN(C)CC4)cc3)ccc2C)n1. The van der Waals surface area contributed by atoms with Crippen molar-refractivity contribution in [3.63, 3.8) is 0 Å². The Morgan fingerprint density at radius 1 is 1.05 bits per heavy atom. The summed E-state index contributed by atoms with van der Waals surface area (Å²) < 4.78 is 8.11. The summed E-state index contributed by atoms with van der Waals surface area (Å²) in [6.45, 7) is 7.17. The van der Waals surface area contributed by atoms with E-state index in [0.717, 1.165) is 44.0 Å². The first-order valence-electron chi connectivity index (χ1n) is 12.9. The maximum atomic E-state index is 12.9. The van der Waals surface area contributed by atoms with E-state index in [4.69, 9.17) is 1.37 Å². The lowest BCUT2D eigenvalue weighted by atomic mass is 10.1. The highest BCUT2D eigenvalue weighted by atomic mass is 16.1. The van der Waals surface area contributed by atoms with Gasteiger partial charge in [-0.15, -0.1) is 0 Å². The first-order valence-corrected chi connectivity index (χ1v) is 12.4. The van der Waals surface area contributed by atoms with E-state index in [1.165, 1.54) is 5.56 Å². The highest BCUT2D eigenvalue weighted by Gasteiger charge is 2.14. The lowest BCUT2D eigenvalue weighted by molar-refractivity contribution is 0.102. The van der Waals surface area contributed by atoms with Crippen molar-refractivity contribution in [2.75, 3.05) is 43.9 Å². The number of piperazine rings is 1. The van der Waals surface area contributed by atoms with Gasteiger partial charge in [0.15, 0.2) is 0 Å². The first kappa shape index (κ1) is 23.3. The summed E-state index contributed by atoms with van der Waals surface area (Å²) in [5, 5.41) is 6.23. The fourth-order valence-electron chi connectivity index (χ4n) is 4.22. The predicted octanol–water partition coefficient (Wildman–Crippen LogP) is 4.59. The van der Waals surface area contributed by atoms with Crippen LogP contribution in [0.4, 0.5) is 17.3 Å². The molecule has 2 aromatic carbocycles. The molecule has 0 radical (unpaired) electrons. The number of rotatable bonds is 7. The van der Waals surface area contributed by atoms with Crippen molar-refractivity contribution in [1.29, 1.82) is 0 Å². The first-order chi connectivity index (χ1) is 18.4. The highest BCUT2D eigenvalue weighted by molar-refractivity contribution is 6.04. The Kier molecular flexibility index (Phi) is 7.10. The molecule has 2 N–H and O–H groups in total. The Hall–Kier alpha value is -4.14. The molecule has 0 bridgehead atoms. The molecule has 188 valence electrons. The van der Waals surface area contributed by atoms with Crippen LogP contribution in [0.3, 0.4) is 0 Å². The summed E-state index contributed by atoms with van der Waals surface area (Å²) in [5.74, 6) is 0.233. The third-order valence-corrected chi connectivity index (χ3v) is 6.49. The van der Waals surface area contributed by atoms with Crippen molar-refractivity contribution in [3.8, 4) is 11.3 Å². The van der Waals surface area contributed by atoms with Crippen molar-refractivity contribution in [1.82, 2.24) is 24.8 Å². The van der Waals surface area contributed by atoms with Gasteiger partial charge in [0, 0.05) is 73.8 Å². The summed E-state index contributed by atoms with van der Waals surface area (Å²) in [4.78, 5) is 30.7. The van der Waals surface area contributed by atoms with Crippen LogP contribution in [0.2, 0.25) is 0 Å². The van der Waals surface area contributed by atoms with E-state index >= 15 is 0 Å². The Bertz CT molecular complexity index is 1420. The molecule has 0 unspecified atom stereocenters. The van der Waals surface area contributed by atoms with E-state index in [1.807, 2.05) is 49.4 Å². The lowest BCUT2D eigenvalue weighted by Crippen LogP contribution is -2.43. The number of nitrogens with zero attached hydrogens (tertiary/aromatic N) is 5. The van der Waals surface area contributed by atoms with Crippen LogP contribution in [0.25, 0.3) is 11.3 Å². The number of aryl methyl sites for hydroxylation is 1. The molecular formula is C29H31N7O. The number of benzene rings is 2. The van der Waals surface area contributed by atoms with Gasteiger partial charge in [-0.05, 0) is 67.5 Å². The number of hydrogen-bond acceptors (Lipinski definition) is 7. The molecule has 3 heterocycles. The zero-order valence-electron chi connectivity index (χ0n) is 22.1. The van der Waals surface area contributed by atoms with Crippen molar-refractivity contribution in [2.24, 2.45) is 0 Å². The van der Waals surface area contributed by atoms with Crippen LogP contribution >= 0.6 is 0 Å². The zero-order chi connectivity index (χ0) is 26.5. The van der Waals surface area contributed by atoms with Crippen molar-refractivity contribution in [2.45, 2.75) is 13.5 Å². The Labute approximate surface area is 218 Å². The molecule has 1 amide bonds. The number of hydrogen-bond donors (Lipinski definition) is 2. The fraction of sp³-hybridized carbons (Fsp3) is 0.241. The number of pyridine rings is 1. The molecule has 1 aliphatic rings. The van der Waals surface area contributed by atoms with E-state index in [2.05, 4.69) is 42.4 Å². The molecule has 2 aromatic heterocycles. The van der Waals surface area contributed by atoms with Gasteiger partial charge in [-0.3, -0.25) is 14.7 Å². The average Bonchev–Trinajstić information content (AvgIpc) is 2.93. The van der Waals surface area contributed by atoms with E-state index in [9.17, 15) is 4.79 Å². The molecule has 1 saturated heterocycles. The number of aromatic nitrogens is 3. The van der Waals surface area contributed by atoms with Gasteiger partial charge in [-0.25, -0.2) is 9.97 Å². The number of nitrogens with one attached hydrogen (secondary N) is 2. The minimum Gasteiger partial charge on any atom is -0.324 e. The van der Waals surface area contributed by atoms with Gasteiger partial charge in [0.25, 0.3) is 5.91 Å². The summed E-state index contributed by atoms with van der Waals surface area (Å²) in [6.07, 6.45) is 4.85. The summed E-state index contributed by atoms with van der Waals surface area (Å²) >= 11 is 0. The number of amides is 1. The zero-order valence-corrected chi connectivity index (χ0v) is 21.1. The minimum absolute atomic E-state index is 0.163. The van der Waals surface area contributed by atoms with Gasteiger partial charge in [-0.2, -0.15) is 0 Å². The molecule has 37 heavy (non-hydrogen) atoms. The number of likely N-dealkylation sites (N-methyl/N-ethyl adjacent to an activating group) is 1. The normalized spacial score (nSPS) is 14.7. The van der Waals surface area contributed by atoms with E-state index in [1.54, 1.807) is 30.7 Å². The maximum absolute atomic E-state index is 12.9. The van der Waals surface area contributed by atoms with Crippen LogP contribution in [0.15, 0.2) is 79.2 Å². The van der Waals surface area contributed by atoms with Crippen molar-refractivity contribution >= 4 is 23.2 Å². The van der Waals surface area contributed by atoms with Crippen LogP contribution in [0.1, 0.15) is 22.9 Å².